The molecule has 0 aliphatic carbocycles. The molecule has 0 aromatic heterocycles. The largest absolute Gasteiger partial charge is 0.357 e. The Kier molecular flexibility index (Phi) is 6.33. The van der Waals surface area contributed by atoms with Crippen molar-refractivity contribution in [2.24, 2.45) is 0 Å². The van der Waals surface area contributed by atoms with Crippen molar-refractivity contribution in [3.63, 3.8) is 0 Å². The second kappa shape index (κ2) is 8.27. The van der Waals surface area contributed by atoms with Crippen LogP contribution in [0.2, 0.25) is 10.0 Å². The van der Waals surface area contributed by atoms with Crippen LogP contribution in [0.4, 0.5) is 8.78 Å². The summed E-state index contributed by atoms with van der Waals surface area (Å²) < 4.78 is 26.5. The lowest BCUT2D eigenvalue weighted by molar-refractivity contribution is -0.128. The number of likely N-dealkylation sites (N-methyl/N-ethyl adjacent to an activating group) is 1. The first-order valence-electron chi connectivity index (χ1n) is 7.21. The Morgan fingerprint density at radius 2 is 1.76 bits per heavy atom. The van der Waals surface area contributed by atoms with Crippen LogP contribution >= 0.6 is 23.2 Å². The number of hydrogen-bond donors (Lipinski definition) is 2. The zero-order valence-electron chi connectivity index (χ0n) is 13.1. The van der Waals surface area contributed by atoms with Crippen molar-refractivity contribution in [1.29, 1.82) is 0 Å². The molecule has 2 N–H and O–H groups in total. The first-order chi connectivity index (χ1) is 11.8. The molecule has 0 radical (unpaired) electrons. The van der Waals surface area contributed by atoms with Crippen LogP contribution in [0.5, 0.6) is 0 Å². The molecule has 0 saturated heterocycles. The van der Waals surface area contributed by atoms with Crippen molar-refractivity contribution in [2.75, 3.05) is 7.05 Å². The van der Waals surface area contributed by atoms with Crippen molar-refractivity contribution in [2.45, 2.75) is 12.5 Å². The maximum atomic E-state index is 13.4. The van der Waals surface area contributed by atoms with Crippen LogP contribution in [0.3, 0.4) is 0 Å². The topological polar surface area (TPSA) is 58.2 Å². The minimum Gasteiger partial charge on any atom is -0.357 e. The fourth-order valence-corrected chi connectivity index (χ4v) is 2.50. The fourth-order valence-electron chi connectivity index (χ4n) is 2.18. The summed E-state index contributed by atoms with van der Waals surface area (Å²) in [5, 5.41) is 5.53. The summed E-state index contributed by atoms with van der Waals surface area (Å²) in [4.78, 5) is 24.2. The van der Waals surface area contributed by atoms with Crippen molar-refractivity contribution in [1.82, 2.24) is 10.6 Å². The van der Waals surface area contributed by atoms with E-state index in [9.17, 15) is 18.4 Å². The molecule has 4 nitrogen and oxygen atoms in total. The smallest absolute Gasteiger partial charge is 0.246 e. The van der Waals surface area contributed by atoms with E-state index in [0.717, 1.165) is 12.1 Å². The Hall–Kier alpha value is -2.18. The normalized spacial score (nSPS) is 11.7. The standard InChI is InChI=1S/C17H14Cl2F2N2O2/c1-22-17(25)16(10-3-5-13(20)14(21)8-10)23-15(24)7-9-2-4-11(18)12(19)6-9/h2-6,8,16H,7H2,1H3,(H,22,25)(H,23,24). The van der Waals surface area contributed by atoms with Gasteiger partial charge in [0.2, 0.25) is 11.8 Å². The molecule has 1 unspecified atom stereocenters. The summed E-state index contributed by atoms with van der Waals surface area (Å²) in [5.74, 6) is -3.20. The molecule has 2 amide bonds. The third kappa shape index (κ3) is 4.90. The van der Waals surface area contributed by atoms with Gasteiger partial charge in [-0.15, -0.1) is 0 Å². The third-order valence-corrected chi connectivity index (χ3v) is 4.18. The van der Waals surface area contributed by atoms with Gasteiger partial charge < -0.3 is 10.6 Å². The highest BCUT2D eigenvalue weighted by atomic mass is 35.5. The van der Waals surface area contributed by atoms with Crippen molar-refractivity contribution in [3.8, 4) is 0 Å². The SMILES string of the molecule is CNC(=O)C(NC(=O)Cc1ccc(Cl)c(Cl)c1)c1ccc(F)c(F)c1. The van der Waals surface area contributed by atoms with E-state index in [1.54, 1.807) is 12.1 Å². The van der Waals surface area contributed by atoms with E-state index in [2.05, 4.69) is 10.6 Å². The molecule has 25 heavy (non-hydrogen) atoms. The van der Waals surface area contributed by atoms with E-state index in [1.807, 2.05) is 0 Å². The summed E-state index contributed by atoms with van der Waals surface area (Å²) in [7, 11) is 1.38. The number of carbonyl (C=O) groups excluding carboxylic acids is 2. The molecule has 0 heterocycles. The average molecular weight is 387 g/mol. The van der Waals surface area contributed by atoms with Crippen LogP contribution in [0.25, 0.3) is 0 Å². The number of carbonyl (C=O) groups is 2. The second-order valence-electron chi connectivity index (χ2n) is 5.21. The van der Waals surface area contributed by atoms with Gasteiger partial charge in [-0.05, 0) is 35.4 Å². The molecular formula is C17H14Cl2F2N2O2. The Labute approximate surface area is 153 Å². The van der Waals surface area contributed by atoms with Crippen molar-refractivity contribution < 1.29 is 18.4 Å². The van der Waals surface area contributed by atoms with Gasteiger partial charge >= 0.3 is 0 Å². The highest BCUT2D eigenvalue weighted by Crippen LogP contribution is 2.23. The zero-order chi connectivity index (χ0) is 18.6. The van der Waals surface area contributed by atoms with Gasteiger partial charge in [-0.3, -0.25) is 9.59 Å². The Morgan fingerprint density at radius 3 is 2.36 bits per heavy atom. The van der Waals surface area contributed by atoms with Gasteiger partial charge in [0.05, 0.1) is 16.5 Å². The Balaban J connectivity index is 2.18. The fraction of sp³-hybridized carbons (Fsp3) is 0.176. The number of amides is 2. The van der Waals surface area contributed by atoms with Gasteiger partial charge in [-0.2, -0.15) is 0 Å². The molecule has 132 valence electrons. The molecule has 2 aromatic carbocycles. The molecule has 0 fully saturated rings. The number of halogens is 4. The average Bonchev–Trinajstić information content (AvgIpc) is 2.58. The predicted octanol–water partition coefficient (Wildman–Crippen LogP) is 3.42. The van der Waals surface area contributed by atoms with Gasteiger partial charge in [-0.1, -0.05) is 35.3 Å². The van der Waals surface area contributed by atoms with Gasteiger partial charge in [0.15, 0.2) is 11.6 Å². The summed E-state index contributed by atoms with van der Waals surface area (Å²) in [6, 6.07) is 6.56. The summed E-state index contributed by atoms with van der Waals surface area (Å²) in [6.07, 6.45) is -0.0614. The first kappa shape index (κ1) is 19.1. The molecule has 2 aromatic rings. The van der Waals surface area contributed by atoms with E-state index in [1.165, 1.54) is 19.2 Å². The maximum absolute atomic E-state index is 13.4. The summed E-state index contributed by atoms with van der Waals surface area (Å²) in [6.45, 7) is 0. The van der Waals surface area contributed by atoms with Crippen molar-refractivity contribution in [3.05, 3.63) is 69.2 Å². The molecule has 0 saturated carbocycles. The van der Waals surface area contributed by atoms with Crippen LogP contribution in [0, 0.1) is 11.6 Å². The highest BCUT2D eigenvalue weighted by Gasteiger charge is 2.23. The number of rotatable bonds is 5. The van der Waals surface area contributed by atoms with Gasteiger partial charge in [-0.25, -0.2) is 8.78 Å². The van der Waals surface area contributed by atoms with Crippen LogP contribution in [0.15, 0.2) is 36.4 Å². The minimum atomic E-state index is -1.16. The molecule has 1 atom stereocenters. The molecular weight excluding hydrogens is 373 g/mol. The quantitative estimate of drug-likeness (QED) is 0.826. The van der Waals surface area contributed by atoms with Gasteiger partial charge in [0.25, 0.3) is 0 Å². The molecule has 8 heteroatoms. The number of benzene rings is 2. The van der Waals surface area contributed by atoms with Gasteiger partial charge in [0.1, 0.15) is 6.04 Å². The lowest BCUT2D eigenvalue weighted by Crippen LogP contribution is -2.39. The predicted molar refractivity (Wildman–Crippen MR) is 91.5 cm³/mol. The summed E-state index contributed by atoms with van der Waals surface area (Å²) in [5.41, 5.74) is 0.716. The van der Waals surface area contributed by atoms with Crippen LogP contribution in [-0.4, -0.2) is 18.9 Å². The summed E-state index contributed by atoms with van der Waals surface area (Å²) >= 11 is 11.7. The van der Waals surface area contributed by atoms with E-state index < -0.39 is 29.5 Å². The highest BCUT2D eigenvalue weighted by molar-refractivity contribution is 6.42. The molecule has 0 aliphatic heterocycles. The lowest BCUT2D eigenvalue weighted by Gasteiger charge is -2.18. The van der Waals surface area contributed by atoms with Crippen molar-refractivity contribution >= 4 is 35.0 Å². The molecule has 0 bridgehead atoms. The van der Waals surface area contributed by atoms with Gasteiger partial charge in [0, 0.05) is 7.05 Å². The molecule has 2 rings (SSSR count). The third-order valence-electron chi connectivity index (χ3n) is 3.44. The monoisotopic (exact) mass is 386 g/mol. The van der Waals surface area contributed by atoms with E-state index in [0.29, 0.717) is 15.6 Å². The van der Waals surface area contributed by atoms with E-state index in [-0.39, 0.29) is 12.0 Å². The van der Waals surface area contributed by atoms with Crippen LogP contribution in [0.1, 0.15) is 17.2 Å². The van der Waals surface area contributed by atoms with E-state index in [4.69, 9.17) is 23.2 Å². The minimum absolute atomic E-state index is 0.0614. The van der Waals surface area contributed by atoms with E-state index >= 15 is 0 Å². The Morgan fingerprint density at radius 1 is 1.04 bits per heavy atom. The van der Waals surface area contributed by atoms with Crippen LogP contribution < -0.4 is 10.6 Å². The number of nitrogens with one attached hydrogen (secondary N) is 2. The second-order valence-corrected chi connectivity index (χ2v) is 6.03. The molecule has 0 aliphatic rings. The first-order valence-corrected chi connectivity index (χ1v) is 7.97. The maximum Gasteiger partial charge on any atom is 0.246 e. The number of hydrogen-bond acceptors (Lipinski definition) is 2. The lowest BCUT2D eigenvalue weighted by atomic mass is 10.0. The Bertz CT molecular complexity index is 815. The zero-order valence-corrected chi connectivity index (χ0v) is 14.6. The van der Waals surface area contributed by atoms with Crippen LogP contribution in [-0.2, 0) is 16.0 Å². The molecule has 0 spiro atoms.